The third kappa shape index (κ3) is 5.96. The van der Waals surface area contributed by atoms with E-state index in [-0.39, 0.29) is 29.4 Å². The van der Waals surface area contributed by atoms with Crippen LogP contribution in [0.15, 0.2) is 23.1 Å². The van der Waals surface area contributed by atoms with Gasteiger partial charge in [0, 0.05) is 36.0 Å². The van der Waals surface area contributed by atoms with E-state index in [4.69, 9.17) is 5.73 Å². The Bertz CT molecular complexity index is 682. The number of benzene rings is 1. The zero-order valence-electron chi connectivity index (χ0n) is 12.3. The number of hydrogen-bond acceptors (Lipinski definition) is 6. The molecule has 0 bridgehead atoms. The molecule has 0 saturated heterocycles. The van der Waals surface area contributed by atoms with E-state index >= 15 is 0 Å². The molecule has 0 unspecified atom stereocenters. The quantitative estimate of drug-likeness (QED) is 0.597. The molecule has 22 heavy (non-hydrogen) atoms. The summed E-state index contributed by atoms with van der Waals surface area (Å²) in [5.41, 5.74) is 4.50. The van der Waals surface area contributed by atoms with Crippen LogP contribution in [0.3, 0.4) is 0 Å². The second kappa shape index (κ2) is 7.03. The molecular formula is C12H18ClN3O5S. The van der Waals surface area contributed by atoms with Gasteiger partial charge in [0.25, 0.3) is 11.6 Å². The minimum Gasteiger partial charge on any atom is -0.350 e. The lowest BCUT2D eigenvalue weighted by Crippen LogP contribution is -2.45. The van der Waals surface area contributed by atoms with Crippen molar-refractivity contribution in [1.29, 1.82) is 0 Å². The molecule has 1 rings (SSSR count). The molecule has 0 aliphatic carbocycles. The lowest BCUT2D eigenvalue weighted by atomic mass is 10.1. The van der Waals surface area contributed by atoms with E-state index in [0.717, 1.165) is 24.5 Å². The Morgan fingerprint density at radius 2 is 1.91 bits per heavy atom. The van der Waals surface area contributed by atoms with Crippen LogP contribution in [0.5, 0.6) is 0 Å². The number of nitrogens with zero attached hydrogens (tertiary/aromatic N) is 1. The monoisotopic (exact) mass is 351 g/mol. The summed E-state index contributed by atoms with van der Waals surface area (Å²) in [6, 6.07) is 3.04. The first-order valence-corrected chi connectivity index (χ1v) is 7.86. The lowest BCUT2D eigenvalue weighted by molar-refractivity contribution is -0.385. The van der Waals surface area contributed by atoms with Gasteiger partial charge in [0.05, 0.1) is 9.82 Å². The maximum atomic E-state index is 12.0. The lowest BCUT2D eigenvalue weighted by Gasteiger charge is -2.18. The van der Waals surface area contributed by atoms with Crippen LogP contribution in [0.2, 0.25) is 0 Å². The average molecular weight is 352 g/mol. The Morgan fingerprint density at radius 3 is 2.32 bits per heavy atom. The van der Waals surface area contributed by atoms with Crippen LogP contribution in [0, 0.1) is 10.1 Å². The van der Waals surface area contributed by atoms with Crippen molar-refractivity contribution in [3.05, 3.63) is 33.9 Å². The Kier molecular flexibility index (Phi) is 6.49. The van der Waals surface area contributed by atoms with Crippen molar-refractivity contribution >= 4 is 33.8 Å². The van der Waals surface area contributed by atoms with Crippen molar-refractivity contribution < 1.29 is 18.1 Å². The molecule has 0 aliphatic heterocycles. The molecule has 124 valence electrons. The van der Waals surface area contributed by atoms with E-state index < -0.39 is 31.9 Å². The van der Waals surface area contributed by atoms with Crippen molar-refractivity contribution in [3.63, 3.8) is 0 Å². The standard InChI is InChI=1S/C12H17N3O5S.ClH/c1-12(2,13)7-14-11(16)8-4-9(15(17)18)6-10(5-8)21(3,19)20;/h4-6H,7,13H2,1-3H3,(H,14,16);1H. The van der Waals surface area contributed by atoms with Crippen molar-refractivity contribution in [2.75, 3.05) is 12.8 Å². The first-order chi connectivity index (χ1) is 9.40. The van der Waals surface area contributed by atoms with Gasteiger partial charge in [-0.05, 0) is 19.9 Å². The highest BCUT2D eigenvalue weighted by atomic mass is 35.5. The van der Waals surface area contributed by atoms with Crippen molar-refractivity contribution in [1.82, 2.24) is 5.32 Å². The topological polar surface area (TPSA) is 132 Å². The van der Waals surface area contributed by atoms with Gasteiger partial charge in [-0.2, -0.15) is 0 Å². The van der Waals surface area contributed by atoms with Crippen molar-refractivity contribution in [3.8, 4) is 0 Å². The fraction of sp³-hybridized carbons (Fsp3) is 0.417. The molecule has 0 aliphatic rings. The van der Waals surface area contributed by atoms with Gasteiger partial charge in [-0.1, -0.05) is 0 Å². The summed E-state index contributed by atoms with van der Waals surface area (Å²) in [5.74, 6) is -0.623. The Hall–Kier alpha value is -1.71. The van der Waals surface area contributed by atoms with Gasteiger partial charge in [0.2, 0.25) is 0 Å². The number of carbonyl (C=O) groups excluding carboxylic acids is 1. The van der Waals surface area contributed by atoms with Crippen LogP contribution >= 0.6 is 12.4 Å². The molecule has 0 atom stereocenters. The van der Waals surface area contributed by atoms with E-state index in [1.54, 1.807) is 13.8 Å². The van der Waals surface area contributed by atoms with E-state index in [0.29, 0.717) is 0 Å². The zero-order chi connectivity index (χ0) is 16.4. The van der Waals surface area contributed by atoms with Gasteiger partial charge in [-0.25, -0.2) is 8.42 Å². The number of nitrogens with one attached hydrogen (secondary N) is 1. The predicted octanol–water partition coefficient (Wildman–Crippen LogP) is 0.887. The molecule has 0 spiro atoms. The SMILES string of the molecule is CC(C)(N)CNC(=O)c1cc([N+](=O)[O-])cc(S(C)(=O)=O)c1.Cl. The van der Waals surface area contributed by atoms with Gasteiger partial charge < -0.3 is 11.1 Å². The fourth-order valence-corrected chi connectivity index (χ4v) is 2.12. The molecule has 1 aromatic rings. The van der Waals surface area contributed by atoms with Crippen molar-refractivity contribution in [2.45, 2.75) is 24.3 Å². The summed E-state index contributed by atoms with van der Waals surface area (Å²) < 4.78 is 23.1. The maximum Gasteiger partial charge on any atom is 0.271 e. The van der Waals surface area contributed by atoms with E-state index in [1.165, 1.54) is 0 Å². The van der Waals surface area contributed by atoms with Gasteiger partial charge in [-0.15, -0.1) is 12.4 Å². The largest absolute Gasteiger partial charge is 0.350 e. The van der Waals surface area contributed by atoms with Crippen LogP contribution in [0.4, 0.5) is 5.69 Å². The first-order valence-electron chi connectivity index (χ1n) is 5.97. The Balaban J connectivity index is 0.00000441. The molecule has 10 heteroatoms. The number of nitro groups is 1. The average Bonchev–Trinajstić information content (AvgIpc) is 2.33. The molecular weight excluding hydrogens is 334 g/mol. The second-order valence-electron chi connectivity index (χ2n) is 5.42. The van der Waals surface area contributed by atoms with E-state index in [1.807, 2.05) is 0 Å². The number of hydrogen-bond donors (Lipinski definition) is 2. The molecule has 8 nitrogen and oxygen atoms in total. The first kappa shape index (κ1) is 20.3. The Labute approximate surface area is 134 Å². The van der Waals surface area contributed by atoms with Gasteiger partial charge in [-0.3, -0.25) is 14.9 Å². The summed E-state index contributed by atoms with van der Waals surface area (Å²) in [5, 5.41) is 13.3. The molecule has 1 aromatic carbocycles. The van der Waals surface area contributed by atoms with Crippen LogP contribution < -0.4 is 11.1 Å². The summed E-state index contributed by atoms with van der Waals surface area (Å²) in [4.78, 5) is 21.8. The number of nitro benzene ring substituents is 1. The fourth-order valence-electron chi connectivity index (χ4n) is 1.44. The third-order valence-electron chi connectivity index (χ3n) is 2.50. The van der Waals surface area contributed by atoms with Gasteiger partial charge >= 0.3 is 0 Å². The molecule has 0 saturated carbocycles. The summed E-state index contributed by atoms with van der Waals surface area (Å²) >= 11 is 0. The number of nitrogens with two attached hydrogens (primary N) is 1. The van der Waals surface area contributed by atoms with Crippen LogP contribution in [-0.4, -0.2) is 37.6 Å². The maximum absolute atomic E-state index is 12.0. The normalized spacial score (nSPS) is 11.5. The predicted molar refractivity (Wildman–Crippen MR) is 84.1 cm³/mol. The van der Waals surface area contributed by atoms with Gasteiger partial charge in [0.1, 0.15) is 0 Å². The number of sulfone groups is 1. The minimum absolute atomic E-state index is 0. The van der Waals surface area contributed by atoms with Crippen LogP contribution in [-0.2, 0) is 9.84 Å². The van der Waals surface area contributed by atoms with Crippen molar-refractivity contribution in [2.24, 2.45) is 5.73 Å². The number of non-ortho nitro benzene ring substituents is 1. The third-order valence-corrected chi connectivity index (χ3v) is 3.59. The molecule has 0 aromatic heterocycles. The molecule has 0 heterocycles. The molecule has 3 N–H and O–H groups in total. The van der Waals surface area contributed by atoms with E-state index in [9.17, 15) is 23.3 Å². The highest BCUT2D eigenvalue weighted by molar-refractivity contribution is 7.90. The number of amides is 1. The molecule has 0 radical (unpaired) electrons. The number of rotatable bonds is 5. The van der Waals surface area contributed by atoms with Gasteiger partial charge in [0.15, 0.2) is 9.84 Å². The Morgan fingerprint density at radius 1 is 1.36 bits per heavy atom. The second-order valence-corrected chi connectivity index (χ2v) is 7.43. The number of halogens is 1. The molecule has 0 fully saturated rings. The zero-order valence-corrected chi connectivity index (χ0v) is 14.0. The van der Waals surface area contributed by atoms with E-state index in [2.05, 4.69) is 5.32 Å². The summed E-state index contributed by atoms with van der Waals surface area (Å²) in [6.45, 7) is 3.54. The summed E-state index contributed by atoms with van der Waals surface area (Å²) in [7, 11) is -3.67. The molecule has 1 amide bonds. The smallest absolute Gasteiger partial charge is 0.271 e. The van der Waals surface area contributed by atoms with Crippen LogP contribution in [0.1, 0.15) is 24.2 Å². The highest BCUT2D eigenvalue weighted by Crippen LogP contribution is 2.21. The minimum atomic E-state index is -3.67. The highest BCUT2D eigenvalue weighted by Gasteiger charge is 2.20. The number of carbonyl (C=O) groups is 1. The summed E-state index contributed by atoms with van der Waals surface area (Å²) in [6.07, 6.45) is 0.913. The van der Waals surface area contributed by atoms with Crippen LogP contribution in [0.25, 0.3) is 0 Å².